The number of hydrogen-bond donors (Lipinski definition) is 1. The van der Waals surface area contributed by atoms with Gasteiger partial charge in [-0.3, -0.25) is 9.48 Å². The van der Waals surface area contributed by atoms with E-state index in [1.54, 1.807) is 17.0 Å². The van der Waals surface area contributed by atoms with Gasteiger partial charge in [-0.25, -0.2) is 4.98 Å². The number of nitrogens with one attached hydrogen (secondary N) is 1. The molecule has 0 aliphatic carbocycles. The Balaban J connectivity index is 1.60. The van der Waals surface area contributed by atoms with Crippen molar-refractivity contribution in [1.29, 1.82) is 0 Å². The average molecular weight is 412 g/mol. The Labute approximate surface area is 176 Å². The van der Waals surface area contributed by atoms with Crippen LogP contribution >= 0.6 is 11.6 Å². The number of rotatable bonds is 8. The fourth-order valence-corrected chi connectivity index (χ4v) is 3.34. The standard InChI is InChI=1S/C22H26ClN5O/c1-4-5-13-28-22(23)20(16(2)26-28)10-11-21(29)25-19-8-6-18(7-9-19)15-27-14-12-24-17(27)3/h6-12,14H,4-5,13,15H2,1-3H3,(H,25,29)/b11-10+. The number of aromatic nitrogens is 4. The normalized spacial score (nSPS) is 11.3. The number of nitrogens with zero attached hydrogens (tertiary/aromatic N) is 4. The maximum atomic E-state index is 12.3. The molecule has 29 heavy (non-hydrogen) atoms. The van der Waals surface area contributed by atoms with Gasteiger partial charge in [0.05, 0.1) is 5.69 Å². The zero-order valence-corrected chi connectivity index (χ0v) is 17.8. The second kappa shape index (κ2) is 9.56. The molecule has 1 amide bonds. The molecular weight excluding hydrogens is 386 g/mol. The number of carbonyl (C=O) groups is 1. The molecule has 0 saturated heterocycles. The lowest BCUT2D eigenvalue weighted by Gasteiger charge is -2.07. The van der Waals surface area contributed by atoms with Crippen LogP contribution in [0.4, 0.5) is 5.69 Å². The number of hydrogen-bond acceptors (Lipinski definition) is 3. The summed E-state index contributed by atoms with van der Waals surface area (Å²) in [5.41, 5.74) is 3.48. The number of aryl methyl sites for hydroxylation is 3. The Kier molecular flexibility index (Phi) is 6.88. The van der Waals surface area contributed by atoms with Gasteiger partial charge >= 0.3 is 0 Å². The van der Waals surface area contributed by atoms with Gasteiger partial charge in [0.1, 0.15) is 11.0 Å². The Morgan fingerprint density at radius 2 is 2.00 bits per heavy atom. The minimum atomic E-state index is -0.208. The summed E-state index contributed by atoms with van der Waals surface area (Å²) in [6, 6.07) is 7.79. The summed E-state index contributed by atoms with van der Waals surface area (Å²) < 4.78 is 3.86. The third kappa shape index (κ3) is 5.35. The Morgan fingerprint density at radius 1 is 1.24 bits per heavy atom. The van der Waals surface area contributed by atoms with Crippen LogP contribution in [0, 0.1) is 13.8 Å². The van der Waals surface area contributed by atoms with Gasteiger partial charge in [-0.05, 0) is 44.0 Å². The van der Waals surface area contributed by atoms with E-state index in [1.807, 2.05) is 44.3 Å². The van der Waals surface area contributed by atoms with E-state index < -0.39 is 0 Å². The van der Waals surface area contributed by atoms with Gasteiger partial charge in [-0.15, -0.1) is 0 Å². The molecule has 0 aliphatic heterocycles. The topological polar surface area (TPSA) is 64.7 Å². The number of carbonyl (C=O) groups excluding carboxylic acids is 1. The Hall–Kier alpha value is -2.86. The quantitative estimate of drug-likeness (QED) is 0.539. The molecule has 6 nitrogen and oxygen atoms in total. The maximum Gasteiger partial charge on any atom is 0.248 e. The molecule has 1 aromatic carbocycles. The molecule has 0 spiro atoms. The van der Waals surface area contributed by atoms with Gasteiger partial charge in [0.25, 0.3) is 0 Å². The summed E-state index contributed by atoms with van der Waals surface area (Å²) >= 11 is 6.41. The van der Waals surface area contributed by atoms with E-state index in [-0.39, 0.29) is 5.91 Å². The van der Waals surface area contributed by atoms with Crippen LogP contribution < -0.4 is 5.32 Å². The van der Waals surface area contributed by atoms with Gasteiger partial charge in [0.15, 0.2) is 0 Å². The first-order valence-corrected chi connectivity index (χ1v) is 10.1. The third-order valence-electron chi connectivity index (χ3n) is 4.73. The highest BCUT2D eigenvalue weighted by atomic mass is 35.5. The van der Waals surface area contributed by atoms with Crippen LogP contribution in [0.1, 0.15) is 42.4 Å². The summed E-state index contributed by atoms with van der Waals surface area (Å²) in [6.45, 7) is 7.52. The highest BCUT2D eigenvalue weighted by Crippen LogP contribution is 2.22. The number of anilines is 1. The van der Waals surface area contributed by atoms with Crippen molar-refractivity contribution < 1.29 is 4.79 Å². The summed E-state index contributed by atoms with van der Waals surface area (Å²) in [5, 5.41) is 7.89. The number of benzene rings is 1. The highest BCUT2D eigenvalue weighted by molar-refractivity contribution is 6.31. The summed E-state index contributed by atoms with van der Waals surface area (Å²) in [5.74, 6) is 0.763. The van der Waals surface area contributed by atoms with Crippen LogP contribution in [0.15, 0.2) is 42.7 Å². The molecule has 0 bridgehead atoms. The minimum Gasteiger partial charge on any atom is -0.331 e. The molecule has 0 aliphatic rings. The smallest absolute Gasteiger partial charge is 0.248 e. The predicted octanol–water partition coefficient (Wildman–Crippen LogP) is 4.85. The first-order valence-electron chi connectivity index (χ1n) is 9.76. The number of halogens is 1. The number of unbranched alkanes of at least 4 members (excludes halogenated alkanes) is 1. The number of imidazole rings is 1. The van der Waals surface area contributed by atoms with E-state index in [9.17, 15) is 4.79 Å². The molecule has 7 heteroatoms. The molecule has 152 valence electrons. The Bertz CT molecular complexity index is 1000. The van der Waals surface area contributed by atoms with Crippen LogP contribution in [0.5, 0.6) is 0 Å². The van der Waals surface area contributed by atoms with Crippen LogP contribution in [0.3, 0.4) is 0 Å². The summed E-state index contributed by atoms with van der Waals surface area (Å²) in [4.78, 5) is 16.5. The van der Waals surface area contributed by atoms with Crippen LogP contribution in [-0.4, -0.2) is 25.2 Å². The van der Waals surface area contributed by atoms with Gasteiger partial charge in [0, 0.05) is 42.8 Å². The molecule has 0 saturated carbocycles. The largest absolute Gasteiger partial charge is 0.331 e. The number of amides is 1. The lowest BCUT2D eigenvalue weighted by molar-refractivity contribution is -0.111. The fourth-order valence-electron chi connectivity index (χ4n) is 3.02. The molecule has 0 fully saturated rings. The summed E-state index contributed by atoms with van der Waals surface area (Å²) in [7, 11) is 0. The molecule has 1 N–H and O–H groups in total. The van der Waals surface area contributed by atoms with Gasteiger partial charge in [-0.2, -0.15) is 5.10 Å². The maximum absolute atomic E-state index is 12.3. The average Bonchev–Trinajstić information content (AvgIpc) is 3.22. The third-order valence-corrected chi connectivity index (χ3v) is 5.13. The molecular formula is C22H26ClN5O. The van der Waals surface area contributed by atoms with E-state index in [0.29, 0.717) is 5.15 Å². The lowest BCUT2D eigenvalue weighted by atomic mass is 10.2. The predicted molar refractivity (Wildman–Crippen MR) is 117 cm³/mol. The molecule has 2 aromatic heterocycles. The molecule has 3 aromatic rings. The molecule has 0 atom stereocenters. The van der Waals surface area contributed by atoms with E-state index in [2.05, 4.69) is 26.9 Å². The van der Waals surface area contributed by atoms with Crippen molar-refractivity contribution in [3.05, 3.63) is 70.5 Å². The van der Waals surface area contributed by atoms with Gasteiger partial charge in [0.2, 0.25) is 5.91 Å². The van der Waals surface area contributed by atoms with E-state index in [1.165, 1.54) is 6.08 Å². The first-order chi connectivity index (χ1) is 14.0. The van der Waals surface area contributed by atoms with Gasteiger partial charge in [-0.1, -0.05) is 37.1 Å². The minimum absolute atomic E-state index is 0.208. The van der Waals surface area contributed by atoms with Crippen LogP contribution in [0.2, 0.25) is 5.15 Å². The van der Waals surface area contributed by atoms with E-state index in [4.69, 9.17) is 11.6 Å². The molecule has 0 radical (unpaired) electrons. The van der Waals surface area contributed by atoms with E-state index >= 15 is 0 Å². The second-order valence-corrected chi connectivity index (χ2v) is 7.35. The highest BCUT2D eigenvalue weighted by Gasteiger charge is 2.11. The van der Waals surface area contributed by atoms with Crippen molar-refractivity contribution in [1.82, 2.24) is 19.3 Å². The van der Waals surface area contributed by atoms with Crippen molar-refractivity contribution in [2.45, 2.75) is 46.7 Å². The molecule has 2 heterocycles. The molecule has 3 rings (SSSR count). The SMILES string of the molecule is CCCCn1nc(C)c(/C=C/C(=O)Nc2ccc(Cn3ccnc3C)cc2)c1Cl. The fraction of sp³-hybridized carbons (Fsp3) is 0.318. The zero-order chi connectivity index (χ0) is 20.8. The first kappa shape index (κ1) is 20.9. The monoisotopic (exact) mass is 411 g/mol. The van der Waals surface area contributed by atoms with Gasteiger partial charge < -0.3 is 9.88 Å². The van der Waals surface area contributed by atoms with Crippen molar-refractivity contribution in [2.24, 2.45) is 0 Å². The zero-order valence-electron chi connectivity index (χ0n) is 17.0. The second-order valence-electron chi connectivity index (χ2n) is 6.99. The Morgan fingerprint density at radius 3 is 2.66 bits per heavy atom. The van der Waals surface area contributed by atoms with Crippen molar-refractivity contribution >= 4 is 29.3 Å². The van der Waals surface area contributed by atoms with Crippen LogP contribution in [0.25, 0.3) is 6.08 Å². The molecule has 0 unspecified atom stereocenters. The van der Waals surface area contributed by atoms with Crippen molar-refractivity contribution in [3.63, 3.8) is 0 Å². The summed E-state index contributed by atoms with van der Waals surface area (Å²) in [6.07, 6.45) is 9.04. The van der Waals surface area contributed by atoms with Crippen molar-refractivity contribution in [3.8, 4) is 0 Å². The van der Waals surface area contributed by atoms with Crippen LogP contribution in [-0.2, 0) is 17.9 Å². The van der Waals surface area contributed by atoms with Crippen molar-refractivity contribution in [2.75, 3.05) is 5.32 Å². The van der Waals surface area contributed by atoms with E-state index in [0.717, 1.165) is 54.3 Å². The lowest BCUT2D eigenvalue weighted by Crippen LogP contribution is -2.08.